The predicted octanol–water partition coefficient (Wildman–Crippen LogP) is 5.32. The summed E-state index contributed by atoms with van der Waals surface area (Å²) in [6.07, 6.45) is 2.90. The number of hydrogen-bond acceptors (Lipinski definition) is 2. The molecule has 0 unspecified atom stereocenters. The van der Waals surface area contributed by atoms with E-state index in [2.05, 4.69) is 92.1 Å². The molecule has 0 aromatic heterocycles. The van der Waals surface area contributed by atoms with Crippen molar-refractivity contribution in [3.8, 4) is 0 Å². The van der Waals surface area contributed by atoms with Gasteiger partial charge in [0.15, 0.2) is 0 Å². The molecule has 3 aliphatic carbocycles. The third kappa shape index (κ3) is 4.44. The smallest absolute Gasteiger partial charge is 0.0214 e. The molecule has 2 nitrogen and oxygen atoms in total. The second kappa shape index (κ2) is 9.02. The van der Waals surface area contributed by atoms with Crippen molar-refractivity contribution in [1.29, 1.82) is 0 Å². The van der Waals surface area contributed by atoms with E-state index in [9.17, 15) is 0 Å². The first-order valence-electron chi connectivity index (χ1n) is 11.6. The highest BCUT2D eigenvalue weighted by Crippen LogP contribution is 2.62. The zero-order chi connectivity index (χ0) is 20.3. The Morgan fingerprint density at radius 1 is 0.862 bits per heavy atom. The van der Waals surface area contributed by atoms with Crippen LogP contribution in [0.4, 0.5) is 0 Å². The minimum absolute atomic E-state index is 0.406. The van der Waals surface area contributed by atoms with Crippen LogP contribution in [-0.2, 0) is 0 Å². The Labute approximate surface area is 177 Å². The highest BCUT2D eigenvalue weighted by atomic mass is 14.9. The van der Waals surface area contributed by atoms with E-state index >= 15 is 0 Å². The van der Waals surface area contributed by atoms with Crippen LogP contribution in [0.15, 0.2) is 60.7 Å². The van der Waals surface area contributed by atoms with Crippen molar-refractivity contribution in [2.45, 2.75) is 39.5 Å². The van der Waals surface area contributed by atoms with Crippen LogP contribution in [0.3, 0.4) is 0 Å². The highest BCUT2D eigenvalue weighted by Gasteiger charge is 2.56. The van der Waals surface area contributed by atoms with Gasteiger partial charge in [0.05, 0.1) is 0 Å². The second-order valence-electron chi connectivity index (χ2n) is 10.0. The molecular formula is C27H38N2. The van der Waals surface area contributed by atoms with E-state index < -0.39 is 0 Å². The Bertz CT molecular complexity index is 715. The monoisotopic (exact) mass is 390 g/mol. The summed E-state index contributed by atoms with van der Waals surface area (Å²) in [5.41, 5.74) is 3.35. The SMILES string of the molecule is C[C@H]1C[C@H]2C[C@@H]([C@@H]1CNCCNCC(c1ccccc1)c1ccccc1)C2(C)C. The van der Waals surface area contributed by atoms with Crippen molar-refractivity contribution in [1.82, 2.24) is 10.6 Å². The lowest BCUT2D eigenvalue weighted by molar-refractivity contribution is -0.129. The Balaban J connectivity index is 1.24. The lowest BCUT2D eigenvalue weighted by Gasteiger charge is -2.62. The molecule has 0 heterocycles. The average molecular weight is 391 g/mol. The topological polar surface area (TPSA) is 24.1 Å². The normalized spacial score (nSPS) is 27.6. The molecule has 3 fully saturated rings. The maximum atomic E-state index is 3.77. The first-order chi connectivity index (χ1) is 14.1. The molecule has 156 valence electrons. The maximum absolute atomic E-state index is 3.77. The first-order valence-corrected chi connectivity index (χ1v) is 11.6. The lowest BCUT2D eigenvalue weighted by Crippen LogP contribution is -2.57. The largest absolute Gasteiger partial charge is 0.315 e. The van der Waals surface area contributed by atoms with Gasteiger partial charge in [0.25, 0.3) is 0 Å². The Kier molecular flexibility index (Phi) is 6.41. The minimum atomic E-state index is 0.406. The van der Waals surface area contributed by atoms with Gasteiger partial charge in [-0.1, -0.05) is 81.4 Å². The molecule has 0 saturated heterocycles. The Morgan fingerprint density at radius 2 is 1.45 bits per heavy atom. The molecule has 2 aromatic rings. The van der Waals surface area contributed by atoms with Gasteiger partial charge in [-0.2, -0.15) is 0 Å². The number of nitrogens with one attached hydrogen (secondary N) is 2. The van der Waals surface area contributed by atoms with Gasteiger partial charge in [0.2, 0.25) is 0 Å². The van der Waals surface area contributed by atoms with Crippen molar-refractivity contribution in [2.75, 3.05) is 26.2 Å². The van der Waals surface area contributed by atoms with Gasteiger partial charge in [-0.25, -0.2) is 0 Å². The summed E-state index contributed by atoms with van der Waals surface area (Å²) < 4.78 is 0. The average Bonchev–Trinajstić information content (AvgIpc) is 2.75. The summed E-state index contributed by atoms with van der Waals surface area (Å²) in [6.45, 7) is 11.7. The van der Waals surface area contributed by atoms with Crippen LogP contribution < -0.4 is 10.6 Å². The number of hydrogen-bond donors (Lipinski definition) is 2. The summed E-state index contributed by atoms with van der Waals surface area (Å²) in [7, 11) is 0. The molecule has 2 aromatic carbocycles. The van der Waals surface area contributed by atoms with Crippen molar-refractivity contribution in [3.05, 3.63) is 71.8 Å². The van der Waals surface area contributed by atoms with Crippen molar-refractivity contribution >= 4 is 0 Å². The van der Waals surface area contributed by atoms with E-state index in [-0.39, 0.29) is 0 Å². The summed E-state index contributed by atoms with van der Waals surface area (Å²) in [6, 6.07) is 21.8. The van der Waals surface area contributed by atoms with E-state index in [1.807, 2.05) is 0 Å². The van der Waals surface area contributed by atoms with Gasteiger partial charge in [-0.3, -0.25) is 0 Å². The molecular weight excluding hydrogens is 352 g/mol. The lowest BCUT2D eigenvalue weighted by atomic mass is 9.43. The van der Waals surface area contributed by atoms with Crippen LogP contribution in [0.2, 0.25) is 0 Å². The van der Waals surface area contributed by atoms with Crippen LogP contribution >= 0.6 is 0 Å². The zero-order valence-corrected chi connectivity index (χ0v) is 18.4. The fourth-order valence-electron chi connectivity index (χ4n) is 6.04. The molecule has 0 aliphatic heterocycles. The fourth-order valence-corrected chi connectivity index (χ4v) is 6.04. The zero-order valence-electron chi connectivity index (χ0n) is 18.4. The summed E-state index contributed by atoms with van der Waals surface area (Å²) in [5.74, 6) is 4.05. The van der Waals surface area contributed by atoms with Gasteiger partial charge in [0, 0.05) is 25.6 Å². The van der Waals surface area contributed by atoms with E-state index in [4.69, 9.17) is 0 Å². The summed E-state index contributed by atoms with van der Waals surface area (Å²) in [5, 5.41) is 7.48. The highest BCUT2D eigenvalue weighted by molar-refractivity contribution is 5.32. The van der Waals surface area contributed by atoms with Crippen molar-refractivity contribution in [2.24, 2.45) is 29.1 Å². The molecule has 5 rings (SSSR count). The van der Waals surface area contributed by atoms with E-state index in [0.29, 0.717) is 11.3 Å². The standard InChI is InChI=1S/C27H38N2/c1-20-16-23-17-26(27(23,2)3)24(20)18-28-14-15-29-19-25(21-10-6-4-7-11-21)22-12-8-5-9-13-22/h4-13,20,23-26,28-29H,14-19H2,1-3H3/t20-,23-,24+,26-/m0/s1. The van der Waals surface area contributed by atoms with Crippen LogP contribution in [0.25, 0.3) is 0 Å². The summed E-state index contributed by atoms with van der Waals surface area (Å²) >= 11 is 0. The quantitative estimate of drug-likeness (QED) is 0.567. The summed E-state index contributed by atoms with van der Waals surface area (Å²) in [4.78, 5) is 0. The van der Waals surface area contributed by atoms with Crippen LogP contribution in [0.1, 0.15) is 50.7 Å². The van der Waals surface area contributed by atoms with Gasteiger partial charge >= 0.3 is 0 Å². The van der Waals surface area contributed by atoms with Gasteiger partial charge in [-0.05, 0) is 59.6 Å². The van der Waals surface area contributed by atoms with Crippen LogP contribution in [0.5, 0.6) is 0 Å². The van der Waals surface area contributed by atoms with E-state index in [1.54, 1.807) is 0 Å². The van der Waals surface area contributed by atoms with Gasteiger partial charge < -0.3 is 10.6 Å². The van der Waals surface area contributed by atoms with Gasteiger partial charge in [-0.15, -0.1) is 0 Å². The molecule has 0 spiro atoms. The fraction of sp³-hybridized carbons (Fsp3) is 0.556. The van der Waals surface area contributed by atoms with Crippen LogP contribution in [0, 0.1) is 29.1 Å². The molecule has 2 bridgehead atoms. The third-order valence-electron chi connectivity index (χ3n) is 8.06. The van der Waals surface area contributed by atoms with E-state index in [1.165, 1.54) is 30.5 Å². The molecule has 0 radical (unpaired) electrons. The molecule has 3 saturated carbocycles. The first kappa shape index (κ1) is 20.6. The molecule has 0 amide bonds. The van der Waals surface area contributed by atoms with Crippen LogP contribution in [-0.4, -0.2) is 26.2 Å². The number of fused-ring (bicyclic) bond motifs is 2. The Morgan fingerprint density at radius 3 is 2.03 bits per heavy atom. The second-order valence-corrected chi connectivity index (χ2v) is 10.0. The van der Waals surface area contributed by atoms with Crippen molar-refractivity contribution in [3.63, 3.8) is 0 Å². The van der Waals surface area contributed by atoms with E-state index in [0.717, 1.165) is 43.3 Å². The van der Waals surface area contributed by atoms with Crippen molar-refractivity contribution < 1.29 is 0 Å². The molecule has 4 atom stereocenters. The molecule has 29 heavy (non-hydrogen) atoms. The number of rotatable bonds is 9. The van der Waals surface area contributed by atoms with Gasteiger partial charge in [0.1, 0.15) is 0 Å². The minimum Gasteiger partial charge on any atom is -0.315 e. The number of benzene rings is 2. The molecule has 2 heteroatoms. The predicted molar refractivity (Wildman–Crippen MR) is 123 cm³/mol. The Hall–Kier alpha value is -1.64. The maximum Gasteiger partial charge on any atom is 0.0214 e. The molecule has 2 N–H and O–H groups in total. The third-order valence-corrected chi connectivity index (χ3v) is 8.06. The molecule has 3 aliphatic rings.